The third-order valence-electron chi connectivity index (χ3n) is 5.41. The molecule has 2 aromatic carbocycles. The predicted octanol–water partition coefficient (Wildman–Crippen LogP) is 3.43. The highest BCUT2D eigenvalue weighted by atomic mass is 32.2. The standard InChI is InChI=1S/C24H31N3O4S/c1-4-25-23(28)22-9-6-14-27(22)24(29)19-7-5-8-20(16-19)26-32(30,31)21-12-10-18(11-13-21)15-17(2)3/h5,7-8,10-13,16-17,22,26H,4,6,9,14-15H2,1-3H3,(H,25,28)/t22-/m0/s1. The van der Waals surface area contributed by atoms with Crippen LogP contribution in [-0.4, -0.2) is 44.3 Å². The first-order valence-electron chi connectivity index (χ1n) is 11.0. The van der Waals surface area contributed by atoms with Gasteiger partial charge in [0.2, 0.25) is 5.91 Å². The summed E-state index contributed by atoms with van der Waals surface area (Å²) in [6.07, 6.45) is 2.26. The summed E-state index contributed by atoms with van der Waals surface area (Å²) in [7, 11) is -3.79. The van der Waals surface area contributed by atoms with Gasteiger partial charge in [-0.2, -0.15) is 0 Å². The monoisotopic (exact) mass is 457 g/mol. The Hall–Kier alpha value is -2.87. The van der Waals surface area contributed by atoms with Gasteiger partial charge in [-0.05, 0) is 68.0 Å². The van der Waals surface area contributed by atoms with Gasteiger partial charge < -0.3 is 10.2 Å². The molecule has 0 aromatic heterocycles. The van der Waals surface area contributed by atoms with Crippen molar-refractivity contribution < 1.29 is 18.0 Å². The number of amides is 2. The Bertz CT molecular complexity index is 1060. The molecule has 0 saturated carbocycles. The molecule has 0 spiro atoms. The Kier molecular flexibility index (Phi) is 7.56. The molecule has 32 heavy (non-hydrogen) atoms. The van der Waals surface area contributed by atoms with Gasteiger partial charge in [-0.1, -0.05) is 32.0 Å². The second-order valence-electron chi connectivity index (χ2n) is 8.48. The van der Waals surface area contributed by atoms with Crippen LogP contribution in [0.15, 0.2) is 53.4 Å². The molecule has 1 atom stereocenters. The average Bonchev–Trinajstić information content (AvgIpc) is 3.23. The number of likely N-dealkylation sites (N-methyl/N-ethyl adjacent to an activating group) is 1. The number of hydrogen-bond acceptors (Lipinski definition) is 4. The van der Waals surface area contributed by atoms with Crippen LogP contribution in [0.2, 0.25) is 0 Å². The largest absolute Gasteiger partial charge is 0.355 e. The lowest BCUT2D eigenvalue weighted by Gasteiger charge is -2.24. The van der Waals surface area contributed by atoms with Crippen molar-refractivity contribution in [3.05, 3.63) is 59.7 Å². The van der Waals surface area contributed by atoms with E-state index in [1.807, 2.05) is 19.1 Å². The van der Waals surface area contributed by atoms with Gasteiger partial charge in [0, 0.05) is 24.3 Å². The lowest BCUT2D eigenvalue weighted by atomic mass is 10.0. The van der Waals surface area contributed by atoms with Crippen LogP contribution in [0.4, 0.5) is 5.69 Å². The van der Waals surface area contributed by atoms with E-state index in [0.717, 1.165) is 18.4 Å². The van der Waals surface area contributed by atoms with Gasteiger partial charge >= 0.3 is 0 Å². The zero-order chi connectivity index (χ0) is 23.3. The average molecular weight is 458 g/mol. The molecule has 1 aliphatic rings. The van der Waals surface area contributed by atoms with E-state index in [1.165, 1.54) is 6.07 Å². The minimum atomic E-state index is -3.79. The number of hydrogen-bond donors (Lipinski definition) is 2. The van der Waals surface area contributed by atoms with Gasteiger partial charge in [-0.25, -0.2) is 8.42 Å². The van der Waals surface area contributed by atoms with E-state index in [-0.39, 0.29) is 16.7 Å². The Labute approximate surface area is 190 Å². The van der Waals surface area contributed by atoms with E-state index in [1.54, 1.807) is 35.2 Å². The highest BCUT2D eigenvalue weighted by Gasteiger charge is 2.34. The normalized spacial score (nSPS) is 16.2. The first kappa shape index (κ1) is 23.8. The molecular formula is C24H31N3O4S. The van der Waals surface area contributed by atoms with E-state index in [2.05, 4.69) is 23.9 Å². The first-order chi connectivity index (χ1) is 15.2. The lowest BCUT2D eigenvalue weighted by Crippen LogP contribution is -2.45. The van der Waals surface area contributed by atoms with Crippen LogP contribution < -0.4 is 10.0 Å². The molecular weight excluding hydrogens is 426 g/mol. The van der Waals surface area contributed by atoms with Crippen molar-refractivity contribution in [3.63, 3.8) is 0 Å². The van der Waals surface area contributed by atoms with Crippen LogP contribution in [0.1, 0.15) is 49.5 Å². The number of nitrogens with zero attached hydrogens (tertiary/aromatic N) is 1. The molecule has 1 aliphatic heterocycles. The van der Waals surface area contributed by atoms with E-state index >= 15 is 0 Å². The van der Waals surface area contributed by atoms with Crippen LogP contribution in [0.5, 0.6) is 0 Å². The van der Waals surface area contributed by atoms with Gasteiger partial charge in [-0.15, -0.1) is 0 Å². The first-order valence-corrected chi connectivity index (χ1v) is 12.5. The van der Waals surface area contributed by atoms with Crippen LogP contribution in [0.25, 0.3) is 0 Å². The van der Waals surface area contributed by atoms with Crippen molar-refractivity contribution in [1.29, 1.82) is 0 Å². The van der Waals surface area contributed by atoms with Gasteiger partial charge in [-0.3, -0.25) is 14.3 Å². The maximum absolute atomic E-state index is 13.0. The number of likely N-dealkylation sites (tertiary alicyclic amines) is 1. The smallest absolute Gasteiger partial charge is 0.261 e. The second kappa shape index (κ2) is 10.2. The summed E-state index contributed by atoms with van der Waals surface area (Å²) in [5.74, 6) is 0.0491. The topological polar surface area (TPSA) is 95.6 Å². The van der Waals surface area contributed by atoms with Crippen LogP contribution >= 0.6 is 0 Å². The molecule has 2 amide bonds. The number of rotatable bonds is 8. The fourth-order valence-corrected chi connectivity index (χ4v) is 5.00. The van der Waals surface area contributed by atoms with E-state index in [9.17, 15) is 18.0 Å². The van der Waals surface area contributed by atoms with Crippen LogP contribution in [0.3, 0.4) is 0 Å². The van der Waals surface area contributed by atoms with Crippen molar-refractivity contribution in [1.82, 2.24) is 10.2 Å². The van der Waals surface area contributed by atoms with Crippen molar-refractivity contribution in [2.75, 3.05) is 17.8 Å². The molecule has 1 fully saturated rings. The third kappa shape index (κ3) is 5.68. The summed E-state index contributed by atoms with van der Waals surface area (Å²) < 4.78 is 28.2. The van der Waals surface area contributed by atoms with Gasteiger partial charge in [0.1, 0.15) is 6.04 Å². The molecule has 0 radical (unpaired) electrons. The molecule has 0 unspecified atom stereocenters. The van der Waals surface area contributed by atoms with Gasteiger partial charge in [0.25, 0.3) is 15.9 Å². The van der Waals surface area contributed by atoms with Gasteiger partial charge in [0.15, 0.2) is 0 Å². The van der Waals surface area contributed by atoms with E-state index < -0.39 is 16.1 Å². The third-order valence-corrected chi connectivity index (χ3v) is 6.80. The Morgan fingerprint density at radius 3 is 2.50 bits per heavy atom. The molecule has 1 saturated heterocycles. The van der Waals surface area contributed by atoms with Crippen LogP contribution in [0, 0.1) is 5.92 Å². The molecule has 0 aliphatic carbocycles. The summed E-state index contributed by atoms with van der Waals surface area (Å²) in [6.45, 7) is 7.07. The minimum Gasteiger partial charge on any atom is -0.355 e. The van der Waals surface area contributed by atoms with Crippen LogP contribution in [-0.2, 0) is 21.2 Å². The molecule has 7 nitrogen and oxygen atoms in total. The van der Waals surface area contributed by atoms with Gasteiger partial charge in [0.05, 0.1) is 4.90 Å². The summed E-state index contributed by atoms with van der Waals surface area (Å²) in [5.41, 5.74) is 1.73. The van der Waals surface area contributed by atoms with Crippen molar-refractivity contribution in [3.8, 4) is 0 Å². The molecule has 3 rings (SSSR count). The molecule has 2 N–H and O–H groups in total. The molecule has 172 valence electrons. The number of anilines is 1. The highest BCUT2D eigenvalue weighted by molar-refractivity contribution is 7.92. The Balaban J connectivity index is 1.75. The molecule has 2 aromatic rings. The minimum absolute atomic E-state index is 0.156. The highest BCUT2D eigenvalue weighted by Crippen LogP contribution is 2.23. The summed E-state index contributed by atoms with van der Waals surface area (Å²) >= 11 is 0. The fraction of sp³-hybridized carbons (Fsp3) is 0.417. The maximum atomic E-state index is 13.0. The lowest BCUT2D eigenvalue weighted by molar-refractivity contribution is -0.124. The molecule has 8 heteroatoms. The number of carbonyl (C=O) groups is 2. The number of benzene rings is 2. The molecule has 1 heterocycles. The molecule has 0 bridgehead atoms. The van der Waals surface area contributed by atoms with Crippen molar-refractivity contribution in [2.45, 2.75) is 51.0 Å². The van der Waals surface area contributed by atoms with Crippen molar-refractivity contribution >= 4 is 27.5 Å². The quantitative estimate of drug-likeness (QED) is 0.635. The zero-order valence-electron chi connectivity index (χ0n) is 18.8. The second-order valence-corrected chi connectivity index (χ2v) is 10.2. The summed E-state index contributed by atoms with van der Waals surface area (Å²) in [4.78, 5) is 27.1. The van der Waals surface area contributed by atoms with E-state index in [4.69, 9.17) is 0 Å². The van der Waals surface area contributed by atoms with E-state index in [0.29, 0.717) is 36.7 Å². The Morgan fingerprint density at radius 1 is 1.12 bits per heavy atom. The summed E-state index contributed by atoms with van der Waals surface area (Å²) in [5, 5.41) is 2.77. The fourth-order valence-electron chi connectivity index (χ4n) is 3.95. The number of sulfonamides is 1. The zero-order valence-corrected chi connectivity index (χ0v) is 19.6. The number of nitrogens with one attached hydrogen (secondary N) is 2. The van der Waals surface area contributed by atoms with Crippen molar-refractivity contribution in [2.24, 2.45) is 5.92 Å². The maximum Gasteiger partial charge on any atom is 0.261 e. The summed E-state index contributed by atoms with van der Waals surface area (Å²) in [6, 6.07) is 12.7. The SMILES string of the molecule is CCNC(=O)[C@@H]1CCCN1C(=O)c1cccc(NS(=O)(=O)c2ccc(CC(C)C)cc2)c1. The Morgan fingerprint density at radius 2 is 1.84 bits per heavy atom. The number of carbonyl (C=O) groups excluding carboxylic acids is 2. The predicted molar refractivity (Wildman–Crippen MR) is 125 cm³/mol.